The van der Waals surface area contributed by atoms with Crippen molar-refractivity contribution < 1.29 is 4.79 Å². The molecule has 2 aliphatic carbocycles. The molecule has 130 valence electrons. The van der Waals surface area contributed by atoms with Crippen LogP contribution in [0.4, 0.5) is 0 Å². The van der Waals surface area contributed by atoms with Crippen molar-refractivity contribution in [1.82, 2.24) is 0 Å². The van der Waals surface area contributed by atoms with Gasteiger partial charge in [-0.15, -0.1) is 0 Å². The van der Waals surface area contributed by atoms with E-state index in [0.717, 1.165) is 23.8 Å². The maximum Gasteiger partial charge on any atom is 0.163 e. The fourth-order valence-electron chi connectivity index (χ4n) is 5.02. The van der Waals surface area contributed by atoms with E-state index in [-0.39, 0.29) is 0 Å². The molecular formula is C24H28O. The molecule has 0 heterocycles. The molecule has 2 aromatic carbocycles. The summed E-state index contributed by atoms with van der Waals surface area (Å²) in [5.74, 6) is 2.81. The highest BCUT2D eigenvalue weighted by molar-refractivity contribution is 5.96. The van der Waals surface area contributed by atoms with Gasteiger partial charge in [0.15, 0.2) is 5.78 Å². The molecule has 0 saturated heterocycles. The monoisotopic (exact) mass is 332 g/mol. The van der Waals surface area contributed by atoms with Crippen LogP contribution < -0.4 is 0 Å². The van der Waals surface area contributed by atoms with Gasteiger partial charge in [-0.1, -0.05) is 80.3 Å². The van der Waals surface area contributed by atoms with Crippen LogP contribution in [0, 0.1) is 17.8 Å². The number of fused-ring (bicyclic) bond motifs is 1. The molecule has 25 heavy (non-hydrogen) atoms. The van der Waals surface area contributed by atoms with E-state index in [2.05, 4.69) is 36.4 Å². The third-order valence-electron chi connectivity index (χ3n) is 6.44. The van der Waals surface area contributed by atoms with Crippen LogP contribution in [0.2, 0.25) is 0 Å². The van der Waals surface area contributed by atoms with Gasteiger partial charge in [-0.2, -0.15) is 0 Å². The number of carbonyl (C=O) groups excluding carboxylic acids is 1. The summed E-state index contributed by atoms with van der Waals surface area (Å²) in [7, 11) is 0. The molecule has 4 rings (SSSR count). The normalized spacial score (nSPS) is 26.0. The van der Waals surface area contributed by atoms with Gasteiger partial charge in [-0.3, -0.25) is 4.79 Å². The molecule has 1 nitrogen and oxygen atoms in total. The van der Waals surface area contributed by atoms with Gasteiger partial charge in [0, 0.05) is 12.0 Å². The first-order chi connectivity index (χ1) is 12.3. The minimum atomic E-state index is 0.332. The number of ketones is 1. The topological polar surface area (TPSA) is 17.1 Å². The smallest absolute Gasteiger partial charge is 0.163 e. The second-order valence-electron chi connectivity index (χ2n) is 8.05. The molecule has 2 saturated carbocycles. The molecule has 0 unspecified atom stereocenters. The summed E-state index contributed by atoms with van der Waals surface area (Å²) in [6.45, 7) is 0. The quantitative estimate of drug-likeness (QED) is 0.581. The Hall–Kier alpha value is -1.89. The minimum Gasteiger partial charge on any atom is -0.294 e. The van der Waals surface area contributed by atoms with Crippen LogP contribution in [0.1, 0.15) is 61.7 Å². The number of hydrogen-bond acceptors (Lipinski definition) is 1. The van der Waals surface area contributed by atoms with Gasteiger partial charge in [-0.25, -0.2) is 0 Å². The maximum absolute atomic E-state index is 12.7. The van der Waals surface area contributed by atoms with Gasteiger partial charge >= 0.3 is 0 Å². The summed E-state index contributed by atoms with van der Waals surface area (Å²) < 4.78 is 0. The standard InChI is InChI=1S/C24H28O/c25-24(17-18-10-11-20-8-4-5-9-23(20)16-18)22-14-12-21(13-15-22)19-6-2-1-3-7-19/h1-3,6-7,12-15,18,20,23H,4-5,8-11,16-17H2/t18-,20+,23+/m0/s1. The number of rotatable bonds is 4. The molecule has 0 radical (unpaired) electrons. The van der Waals surface area contributed by atoms with Crippen LogP contribution in [0.5, 0.6) is 0 Å². The number of benzene rings is 2. The highest BCUT2D eigenvalue weighted by Crippen LogP contribution is 2.43. The van der Waals surface area contributed by atoms with Gasteiger partial charge in [0.25, 0.3) is 0 Å². The van der Waals surface area contributed by atoms with Crippen LogP contribution in [0.15, 0.2) is 54.6 Å². The lowest BCUT2D eigenvalue weighted by molar-refractivity contribution is 0.0877. The number of hydrogen-bond donors (Lipinski definition) is 0. The molecule has 0 bridgehead atoms. The van der Waals surface area contributed by atoms with Gasteiger partial charge in [0.1, 0.15) is 0 Å². The fourth-order valence-corrected chi connectivity index (χ4v) is 5.02. The van der Waals surface area contributed by atoms with E-state index >= 15 is 0 Å². The van der Waals surface area contributed by atoms with Crippen molar-refractivity contribution in [3.8, 4) is 11.1 Å². The lowest BCUT2D eigenvalue weighted by Crippen LogP contribution is -2.28. The van der Waals surface area contributed by atoms with Gasteiger partial charge in [0.05, 0.1) is 0 Å². The molecule has 0 N–H and O–H groups in total. The van der Waals surface area contributed by atoms with Crippen LogP contribution in [0.3, 0.4) is 0 Å². The van der Waals surface area contributed by atoms with E-state index in [1.54, 1.807) is 0 Å². The summed E-state index contributed by atoms with van der Waals surface area (Å²) in [6, 6.07) is 18.5. The Morgan fingerprint density at radius 1 is 0.760 bits per heavy atom. The second kappa shape index (κ2) is 7.56. The Bertz CT molecular complexity index is 701. The van der Waals surface area contributed by atoms with E-state index in [1.165, 1.54) is 56.1 Å². The number of carbonyl (C=O) groups is 1. The Balaban J connectivity index is 1.38. The van der Waals surface area contributed by atoms with E-state index in [0.29, 0.717) is 11.7 Å². The summed E-state index contributed by atoms with van der Waals surface area (Å²) in [5.41, 5.74) is 3.27. The molecule has 0 aliphatic heterocycles. The highest BCUT2D eigenvalue weighted by Gasteiger charge is 2.32. The Morgan fingerprint density at radius 3 is 2.20 bits per heavy atom. The van der Waals surface area contributed by atoms with Crippen molar-refractivity contribution in [2.24, 2.45) is 17.8 Å². The van der Waals surface area contributed by atoms with E-state index in [9.17, 15) is 4.79 Å². The maximum atomic E-state index is 12.7. The third kappa shape index (κ3) is 3.86. The van der Waals surface area contributed by atoms with Crippen molar-refractivity contribution in [3.05, 3.63) is 60.2 Å². The predicted octanol–water partition coefficient (Wildman–Crippen LogP) is 6.53. The average molecular weight is 332 g/mol. The highest BCUT2D eigenvalue weighted by atomic mass is 16.1. The molecule has 0 amide bonds. The van der Waals surface area contributed by atoms with Crippen LogP contribution in [-0.2, 0) is 0 Å². The summed E-state index contributed by atoms with van der Waals surface area (Å²) >= 11 is 0. The Morgan fingerprint density at radius 2 is 1.44 bits per heavy atom. The lowest BCUT2D eigenvalue weighted by atomic mass is 9.66. The van der Waals surface area contributed by atoms with E-state index in [4.69, 9.17) is 0 Å². The SMILES string of the molecule is O=C(C[C@H]1CC[C@H]2CCCC[C@@H]2C1)c1ccc(-c2ccccc2)cc1. The zero-order valence-electron chi connectivity index (χ0n) is 15.0. The molecule has 0 aromatic heterocycles. The Labute approximate surface area is 151 Å². The molecular weight excluding hydrogens is 304 g/mol. The van der Waals surface area contributed by atoms with Crippen molar-refractivity contribution >= 4 is 5.78 Å². The Kier molecular flexibility index (Phi) is 5.01. The first kappa shape index (κ1) is 16.6. The summed E-state index contributed by atoms with van der Waals surface area (Å²) in [6.07, 6.45) is 10.3. The van der Waals surface area contributed by atoms with Crippen molar-refractivity contribution in [2.45, 2.75) is 51.4 Å². The van der Waals surface area contributed by atoms with Crippen molar-refractivity contribution in [1.29, 1.82) is 0 Å². The van der Waals surface area contributed by atoms with Crippen molar-refractivity contribution in [2.75, 3.05) is 0 Å². The summed E-state index contributed by atoms with van der Waals surface area (Å²) in [4.78, 5) is 12.7. The fraction of sp³-hybridized carbons (Fsp3) is 0.458. The minimum absolute atomic E-state index is 0.332. The van der Waals surface area contributed by atoms with E-state index < -0.39 is 0 Å². The molecule has 2 fully saturated rings. The first-order valence-electron chi connectivity index (χ1n) is 9.98. The predicted molar refractivity (Wildman–Crippen MR) is 104 cm³/mol. The average Bonchev–Trinajstić information content (AvgIpc) is 2.69. The van der Waals surface area contributed by atoms with Crippen LogP contribution >= 0.6 is 0 Å². The largest absolute Gasteiger partial charge is 0.294 e. The zero-order chi connectivity index (χ0) is 17.1. The molecule has 2 aliphatic rings. The first-order valence-corrected chi connectivity index (χ1v) is 9.98. The molecule has 0 spiro atoms. The van der Waals surface area contributed by atoms with Gasteiger partial charge in [0.2, 0.25) is 0 Å². The van der Waals surface area contributed by atoms with Crippen LogP contribution in [0.25, 0.3) is 11.1 Å². The van der Waals surface area contributed by atoms with E-state index in [1.807, 2.05) is 18.2 Å². The number of Topliss-reactive ketones (excluding diaryl/α,β-unsaturated/α-hetero) is 1. The summed E-state index contributed by atoms with van der Waals surface area (Å²) in [5, 5.41) is 0. The van der Waals surface area contributed by atoms with Gasteiger partial charge in [-0.05, 0) is 48.1 Å². The third-order valence-corrected chi connectivity index (χ3v) is 6.44. The molecule has 3 atom stereocenters. The van der Waals surface area contributed by atoms with Crippen molar-refractivity contribution in [3.63, 3.8) is 0 Å². The lowest BCUT2D eigenvalue weighted by Gasteiger charge is -2.39. The second-order valence-corrected chi connectivity index (χ2v) is 8.05. The van der Waals surface area contributed by atoms with Crippen LogP contribution in [-0.4, -0.2) is 5.78 Å². The zero-order valence-corrected chi connectivity index (χ0v) is 15.0. The molecule has 1 heteroatoms. The van der Waals surface area contributed by atoms with Gasteiger partial charge < -0.3 is 0 Å². The molecule has 2 aromatic rings.